The summed E-state index contributed by atoms with van der Waals surface area (Å²) >= 11 is 0. The van der Waals surface area contributed by atoms with Crippen LogP contribution in [0.5, 0.6) is 0 Å². The Morgan fingerprint density at radius 3 is 2.96 bits per heavy atom. The molecule has 124 valence electrons. The first-order valence-electron chi connectivity index (χ1n) is 8.05. The van der Waals surface area contributed by atoms with Gasteiger partial charge in [-0.2, -0.15) is 15.4 Å². The minimum absolute atomic E-state index is 0.507. The maximum Gasteiger partial charge on any atom is 0.167 e. The van der Waals surface area contributed by atoms with Gasteiger partial charge in [-0.1, -0.05) is 35.5 Å². The number of nitrogens with zero attached hydrogens (tertiary/aromatic N) is 4. The monoisotopic (exact) mass is 325 g/mol. The minimum Gasteiger partial charge on any atom is -0.382 e. The van der Waals surface area contributed by atoms with E-state index in [1.807, 2.05) is 36.4 Å². The van der Waals surface area contributed by atoms with Crippen LogP contribution in [0.15, 0.2) is 47.1 Å². The molecule has 1 unspecified atom stereocenters. The van der Waals surface area contributed by atoms with Gasteiger partial charge in [0.15, 0.2) is 5.76 Å². The summed E-state index contributed by atoms with van der Waals surface area (Å²) in [7, 11) is 0. The zero-order valence-corrected chi connectivity index (χ0v) is 13.2. The lowest BCUT2D eigenvalue weighted by Gasteiger charge is -2.37. The number of piperidine rings is 1. The molecule has 0 saturated carbocycles. The molecule has 1 atom stereocenters. The Morgan fingerprint density at radius 2 is 2.17 bits per heavy atom. The predicted octanol–water partition coefficient (Wildman–Crippen LogP) is 1.94. The molecular weight excluding hydrogens is 306 g/mol. The van der Waals surface area contributed by atoms with Crippen molar-refractivity contribution in [2.24, 2.45) is 0 Å². The maximum atomic E-state index is 10.9. The minimum atomic E-state index is -0.961. The van der Waals surface area contributed by atoms with Gasteiger partial charge in [0.25, 0.3) is 0 Å². The number of likely N-dealkylation sites (tertiary alicyclic amines) is 1. The fourth-order valence-electron chi connectivity index (χ4n) is 3.25. The van der Waals surface area contributed by atoms with Crippen LogP contribution in [0.4, 0.5) is 0 Å². The van der Waals surface area contributed by atoms with E-state index >= 15 is 0 Å². The highest BCUT2D eigenvalue weighted by Crippen LogP contribution is 2.30. The number of β-amino-alcohol motifs (C(OH)–C–C–N with tert-alkyl or cyclic N) is 1. The van der Waals surface area contributed by atoms with E-state index < -0.39 is 5.60 Å². The number of benzene rings is 1. The summed E-state index contributed by atoms with van der Waals surface area (Å²) < 4.78 is 5.45. The lowest BCUT2D eigenvalue weighted by Crippen LogP contribution is -2.45. The standard InChI is InChI=1S/C17H19N5O2/c23-17(16-10-18-21-19-16)7-4-8-22(12-17)11-14-9-15(24-20-14)13-5-2-1-3-6-13/h1-3,5-6,9-10,23H,4,7-8,11-12H2,(H,18,19,21). The molecule has 0 radical (unpaired) electrons. The van der Waals surface area contributed by atoms with Crippen LogP contribution in [0.25, 0.3) is 11.3 Å². The molecule has 0 bridgehead atoms. The van der Waals surface area contributed by atoms with E-state index in [2.05, 4.69) is 25.5 Å². The van der Waals surface area contributed by atoms with E-state index in [0.717, 1.165) is 30.0 Å². The van der Waals surface area contributed by atoms with Gasteiger partial charge in [0.2, 0.25) is 0 Å². The number of aliphatic hydroxyl groups is 1. The van der Waals surface area contributed by atoms with E-state index in [1.165, 1.54) is 0 Å². The van der Waals surface area contributed by atoms with Crippen molar-refractivity contribution in [2.75, 3.05) is 13.1 Å². The predicted molar refractivity (Wildman–Crippen MR) is 86.7 cm³/mol. The van der Waals surface area contributed by atoms with Crippen molar-refractivity contribution in [2.45, 2.75) is 25.0 Å². The van der Waals surface area contributed by atoms with Crippen molar-refractivity contribution in [1.82, 2.24) is 25.5 Å². The smallest absolute Gasteiger partial charge is 0.167 e. The van der Waals surface area contributed by atoms with Crippen LogP contribution in [0, 0.1) is 0 Å². The first kappa shape index (κ1) is 15.0. The molecule has 7 heteroatoms. The van der Waals surface area contributed by atoms with E-state index in [0.29, 0.717) is 25.2 Å². The summed E-state index contributed by atoms with van der Waals surface area (Å²) in [6.07, 6.45) is 3.17. The third kappa shape index (κ3) is 2.95. The fourth-order valence-corrected chi connectivity index (χ4v) is 3.25. The van der Waals surface area contributed by atoms with Crippen LogP contribution in [0.3, 0.4) is 0 Å². The molecule has 0 aliphatic carbocycles. The van der Waals surface area contributed by atoms with E-state index in [-0.39, 0.29) is 0 Å². The first-order chi connectivity index (χ1) is 11.7. The van der Waals surface area contributed by atoms with E-state index in [9.17, 15) is 5.11 Å². The largest absolute Gasteiger partial charge is 0.382 e. The molecule has 1 aromatic carbocycles. The molecule has 1 aliphatic heterocycles. The maximum absolute atomic E-state index is 10.9. The second kappa shape index (κ2) is 6.18. The molecule has 2 N–H and O–H groups in total. The second-order valence-corrected chi connectivity index (χ2v) is 6.25. The summed E-state index contributed by atoms with van der Waals surface area (Å²) in [5.74, 6) is 0.759. The molecule has 7 nitrogen and oxygen atoms in total. The highest BCUT2D eigenvalue weighted by atomic mass is 16.5. The summed E-state index contributed by atoms with van der Waals surface area (Å²) in [6.45, 7) is 2.05. The molecule has 3 aromatic rings. The summed E-state index contributed by atoms with van der Waals surface area (Å²) in [6, 6.07) is 11.9. The van der Waals surface area contributed by atoms with Crippen molar-refractivity contribution < 1.29 is 9.63 Å². The highest BCUT2D eigenvalue weighted by Gasteiger charge is 2.37. The fraction of sp³-hybridized carbons (Fsp3) is 0.353. The Balaban J connectivity index is 1.47. The third-order valence-corrected chi connectivity index (χ3v) is 4.44. The Hall–Kier alpha value is -2.51. The zero-order valence-electron chi connectivity index (χ0n) is 13.2. The number of aromatic amines is 1. The third-order valence-electron chi connectivity index (χ3n) is 4.44. The molecule has 24 heavy (non-hydrogen) atoms. The van der Waals surface area contributed by atoms with Crippen molar-refractivity contribution >= 4 is 0 Å². The Bertz CT molecular complexity index is 786. The van der Waals surface area contributed by atoms with Crippen molar-refractivity contribution in [1.29, 1.82) is 0 Å². The Labute approximate surface area is 139 Å². The number of aromatic nitrogens is 4. The molecule has 4 rings (SSSR count). The summed E-state index contributed by atoms with van der Waals surface area (Å²) in [4.78, 5) is 2.17. The van der Waals surface area contributed by atoms with Crippen molar-refractivity contribution in [3.8, 4) is 11.3 Å². The van der Waals surface area contributed by atoms with Gasteiger partial charge in [0, 0.05) is 24.7 Å². The summed E-state index contributed by atoms with van der Waals surface area (Å²) in [5, 5.41) is 25.4. The van der Waals surface area contributed by atoms with Crippen molar-refractivity contribution in [3.63, 3.8) is 0 Å². The topological polar surface area (TPSA) is 91.1 Å². The van der Waals surface area contributed by atoms with Crippen LogP contribution < -0.4 is 0 Å². The number of hydrogen-bond donors (Lipinski definition) is 2. The van der Waals surface area contributed by atoms with Crippen LogP contribution in [0.1, 0.15) is 24.2 Å². The van der Waals surface area contributed by atoms with E-state index in [4.69, 9.17) is 4.52 Å². The number of hydrogen-bond acceptors (Lipinski definition) is 6. The normalized spacial score (nSPS) is 21.9. The number of H-pyrrole nitrogens is 1. The van der Waals surface area contributed by atoms with Crippen LogP contribution in [-0.4, -0.2) is 43.7 Å². The molecule has 1 fully saturated rings. The van der Waals surface area contributed by atoms with Gasteiger partial charge >= 0.3 is 0 Å². The van der Waals surface area contributed by atoms with Crippen LogP contribution in [0.2, 0.25) is 0 Å². The van der Waals surface area contributed by atoms with Gasteiger partial charge in [0.1, 0.15) is 11.3 Å². The first-order valence-corrected chi connectivity index (χ1v) is 8.05. The van der Waals surface area contributed by atoms with Crippen LogP contribution in [-0.2, 0) is 12.1 Å². The Morgan fingerprint density at radius 1 is 1.29 bits per heavy atom. The van der Waals surface area contributed by atoms with Gasteiger partial charge in [-0.15, -0.1) is 0 Å². The van der Waals surface area contributed by atoms with Gasteiger partial charge < -0.3 is 9.63 Å². The SMILES string of the molecule is OC1(c2cn[nH]n2)CCCN(Cc2cc(-c3ccccc3)on2)C1. The zero-order chi connectivity index (χ0) is 16.4. The molecule has 1 aliphatic rings. The molecule has 3 heterocycles. The molecular formula is C17H19N5O2. The average Bonchev–Trinajstić information content (AvgIpc) is 3.28. The van der Waals surface area contributed by atoms with E-state index in [1.54, 1.807) is 6.20 Å². The van der Waals surface area contributed by atoms with Gasteiger partial charge in [-0.25, -0.2) is 0 Å². The highest BCUT2D eigenvalue weighted by molar-refractivity contribution is 5.56. The number of rotatable bonds is 4. The lowest BCUT2D eigenvalue weighted by atomic mass is 9.90. The van der Waals surface area contributed by atoms with Crippen LogP contribution >= 0.6 is 0 Å². The summed E-state index contributed by atoms with van der Waals surface area (Å²) in [5.41, 5.74) is 1.50. The molecule has 0 amide bonds. The van der Waals surface area contributed by atoms with Gasteiger partial charge in [-0.05, 0) is 19.4 Å². The van der Waals surface area contributed by atoms with Gasteiger partial charge in [0.05, 0.1) is 11.9 Å². The molecule has 2 aromatic heterocycles. The average molecular weight is 325 g/mol. The molecule has 0 spiro atoms. The molecule has 1 saturated heterocycles. The Kier molecular flexibility index (Phi) is 3.87. The second-order valence-electron chi connectivity index (χ2n) is 6.25. The quantitative estimate of drug-likeness (QED) is 0.762. The lowest BCUT2D eigenvalue weighted by molar-refractivity contribution is -0.0419. The van der Waals surface area contributed by atoms with Gasteiger partial charge in [-0.3, -0.25) is 4.90 Å². The van der Waals surface area contributed by atoms with Crippen molar-refractivity contribution in [3.05, 3.63) is 54.0 Å². The number of nitrogens with one attached hydrogen (secondary N) is 1.